The molecule has 0 spiro atoms. The van der Waals surface area contributed by atoms with Gasteiger partial charge in [0.25, 0.3) is 0 Å². The van der Waals surface area contributed by atoms with Crippen LogP contribution in [-0.4, -0.2) is 25.9 Å². The van der Waals surface area contributed by atoms with Gasteiger partial charge in [-0.25, -0.2) is 13.2 Å². The molecule has 1 aliphatic rings. The van der Waals surface area contributed by atoms with Crippen LogP contribution in [0.25, 0.3) is 17.2 Å². The minimum atomic E-state index is -0.957. The molecule has 1 saturated heterocycles. The molecule has 5 heteroatoms. The Morgan fingerprint density at radius 3 is 2.61 bits per heavy atom. The third-order valence-corrected chi connectivity index (χ3v) is 5.24. The fourth-order valence-electron chi connectivity index (χ4n) is 3.60. The van der Waals surface area contributed by atoms with E-state index in [1.165, 1.54) is 24.3 Å². The SMILES string of the molecule is C=Cc1ccc(-c2ccc(C3CCC(CCOCC)OC3)c(F)c2F)cc1F. The highest BCUT2D eigenvalue weighted by Crippen LogP contribution is 2.35. The summed E-state index contributed by atoms with van der Waals surface area (Å²) in [6, 6.07) is 7.35. The van der Waals surface area contributed by atoms with Crippen molar-refractivity contribution < 1.29 is 22.6 Å². The van der Waals surface area contributed by atoms with Crippen molar-refractivity contribution in [2.24, 2.45) is 0 Å². The maximum absolute atomic E-state index is 14.8. The molecule has 28 heavy (non-hydrogen) atoms. The monoisotopic (exact) mass is 390 g/mol. The van der Waals surface area contributed by atoms with Crippen molar-refractivity contribution in [2.75, 3.05) is 19.8 Å². The predicted octanol–water partition coefficient (Wildman–Crippen LogP) is 6.10. The summed E-state index contributed by atoms with van der Waals surface area (Å²) < 4.78 is 54.6. The second-order valence-electron chi connectivity index (χ2n) is 6.99. The maximum atomic E-state index is 14.8. The molecular formula is C23H25F3O2. The lowest BCUT2D eigenvalue weighted by Crippen LogP contribution is -2.26. The highest BCUT2D eigenvalue weighted by molar-refractivity contribution is 5.67. The van der Waals surface area contributed by atoms with Crippen LogP contribution < -0.4 is 0 Å². The first-order chi connectivity index (χ1) is 13.5. The summed E-state index contributed by atoms with van der Waals surface area (Å²) in [5.41, 5.74) is 0.969. The van der Waals surface area contributed by atoms with E-state index in [1.807, 2.05) is 6.92 Å². The second kappa shape index (κ2) is 9.39. The van der Waals surface area contributed by atoms with Gasteiger partial charge in [0, 0.05) is 30.3 Å². The van der Waals surface area contributed by atoms with Crippen molar-refractivity contribution in [2.45, 2.75) is 38.2 Å². The third kappa shape index (κ3) is 4.47. The van der Waals surface area contributed by atoms with Crippen LogP contribution in [-0.2, 0) is 9.47 Å². The number of rotatable bonds is 7. The number of hydrogen-bond acceptors (Lipinski definition) is 2. The van der Waals surface area contributed by atoms with Gasteiger partial charge in [0.2, 0.25) is 0 Å². The van der Waals surface area contributed by atoms with Gasteiger partial charge in [-0.05, 0) is 43.4 Å². The molecule has 0 radical (unpaired) electrons. The molecule has 0 saturated carbocycles. The lowest BCUT2D eigenvalue weighted by Gasteiger charge is -2.29. The molecule has 0 aliphatic carbocycles. The van der Waals surface area contributed by atoms with Gasteiger partial charge in [0.05, 0.1) is 12.7 Å². The Labute approximate surface area is 164 Å². The minimum absolute atomic E-state index is 0.0436. The Bertz CT molecular complexity index is 827. The number of halogens is 3. The van der Waals surface area contributed by atoms with Crippen LogP contribution in [0.5, 0.6) is 0 Å². The van der Waals surface area contributed by atoms with E-state index in [9.17, 15) is 13.2 Å². The highest BCUT2D eigenvalue weighted by atomic mass is 19.2. The molecule has 0 amide bonds. The summed E-state index contributed by atoms with van der Waals surface area (Å²) >= 11 is 0. The number of benzene rings is 2. The van der Waals surface area contributed by atoms with E-state index in [1.54, 1.807) is 12.1 Å². The molecule has 3 rings (SSSR count). The Balaban J connectivity index is 1.74. The zero-order valence-electron chi connectivity index (χ0n) is 16.0. The summed E-state index contributed by atoms with van der Waals surface area (Å²) in [7, 11) is 0. The minimum Gasteiger partial charge on any atom is -0.382 e. The van der Waals surface area contributed by atoms with Crippen molar-refractivity contribution in [3.8, 4) is 11.1 Å². The Morgan fingerprint density at radius 1 is 1.14 bits per heavy atom. The Hall–Kier alpha value is -2.11. The highest BCUT2D eigenvalue weighted by Gasteiger charge is 2.27. The third-order valence-electron chi connectivity index (χ3n) is 5.24. The average molecular weight is 390 g/mol. The fourth-order valence-corrected chi connectivity index (χ4v) is 3.60. The lowest BCUT2D eigenvalue weighted by atomic mass is 9.89. The topological polar surface area (TPSA) is 18.5 Å². The predicted molar refractivity (Wildman–Crippen MR) is 105 cm³/mol. The zero-order valence-corrected chi connectivity index (χ0v) is 16.0. The van der Waals surface area contributed by atoms with E-state index in [2.05, 4.69) is 6.58 Å². The van der Waals surface area contributed by atoms with E-state index < -0.39 is 17.5 Å². The molecule has 150 valence electrons. The summed E-state index contributed by atoms with van der Waals surface area (Å²) in [6.07, 6.45) is 3.80. The molecule has 1 heterocycles. The molecule has 0 N–H and O–H groups in total. The van der Waals surface area contributed by atoms with Crippen LogP contribution in [0.4, 0.5) is 13.2 Å². The molecule has 2 atom stereocenters. The lowest BCUT2D eigenvalue weighted by molar-refractivity contribution is -0.0168. The van der Waals surface area contributed by atoms with Gasteiger partial charge < -0.3 is 9.47 Å². The van der Waals surface area contributed by atoms with Gasteiger partial charge in [-0.1, -0.05) is 36.9 Å². The summed E-state index contributed by atoms with van der Waals surface area (Å²) in [5, 5.41) is 0. The fraction of sp³-hybridized carbons (Fsp3) is 0.391. The first-order valence-electron chi connectivity index (χ1n) is 9.64. The summed E-state index contributed by atoms with van der Waals surface area (Å²) in [5.74, 6) is -2.55. The standard InChI is InChI=1S/C23H25F3O2/c1-3-15-5-6-16(13-21(15)24)19-9-10-20(23(26)22(19)25)17-7-8-18(28-14-17)11-12-27-4-2/h3,5-6,9-10,13,17-18H,1,4,7-8,11-12,14H2,2H3. The average Bonchev–Trinajstić information content (AvgIpc) is 2.71. The zero-order chi connectivity index (χ0) is 20.1. The van der Waals surface area contributed by atoms with Crippen LogP contribution in [0.1, 0.15) is 43.2 Å². The molecule has 0 aromatic heterocycles. The van der Waals surface area contributed by atoms with E-state index in [-0.39, 0.29) is 17.6 Å². The molecule has 2 aromatic carbocycles. The van der Waals surface area contributed by atoms with E-state index in [0.717, 1.165) is 19.3 Å². The van der Waals surface area contributed by atoms with Gasteiger partial charge >= 0.3 is 0 Å². The van der Waals surface area contributed by atoms with Crippen molar-refractivity contribution in [1.82, 2.24) is 0 Å². The van der Waals surface area contributed by atoms with Crippen LogP contribution in [0.2, 0.25) is 0 Å². The van der Waals surface area contributed by atoms with E-state index in [0.29, 0.717) is 36.5 Å². The maximum Gasteiger partial charge on any atom is 0.166 e. The number of hydrogen-bond donors (Lipinski definition) is 0. The van der Waals surface area contributed by atoms with Crippen molar-refractivity contribution >= 4 is 6.08 Å². The van der Waals surface area contributed by atoms with Crippen molar-refractivity contribution in [1.29, 1.82) is 0 Å². The Kier molecular flexibility index (Phi) is 6.92. The quantitative estimate of drug-likeness (QED) is 0.532. The Morgan fingerprint density at radius 2 is 1.96 bits per heavy atom. The van der Waals surface area contributed by atoms with Crippen LogP contribution in [0, 0.1) is 17.5 Å². The smallest absolute Gasteiger partial charge is 0.166 e. The van der Waals surface area contributed by atoms with Crippen LogP contribution >= 0.6 is 0 Å². The van der Waals surface area contributed by atoms with Gasteiger partial charge in [-0.3, -0.25) is 0 Å². The molecule has 2 unspecified atom stereocenters. The van der Waals surface area contributed by atoms with E-state index >= 15 is 0 Å². The molecule has 2 nitrogen and oxygen atoms in total. The van der Waals surface area contributed by atoms with Gasteiger partial charge in [-0.2, -0.15) is 0 Å². The normalized spacial score (nSPS) is 19.6. The first-order valence-corrected chi connectivity index (χ1v) is 9.64. The molecule has 0 bridgehead atoms. The van der Waals surface area contributed by atoms with Crippen LogP contribution in [0.3, 0.4) is 0 Å². The van der Waals surface area contributed by atoms with Crippen LogP contribution in [0.15, 0.2) is 36.9 Å². The van der Waals surface area contributed by atoms with Crippen molar-refractivity contribution in [3.05, 3.63) is 65.5 Å². The summed E-state index contributed by atoms with van der Waals surface area (Å²) in [6.45, 7) is 7.14. The second-order valence-corrected chi connectivity index (χ2v) is 6.99. The van der Waals surface area contributed by atoms with E-state index in [4.69, 9.17) is 9.47 Å². The molecule has 1 fully saturated rings. The van der Waals surface area contributed by atoms with Gasteiger partial charge in [0.1, 0.15) is 5.82 Å². The van der Waals surface area contributed by atoms with Gasteiger partial charge in [-0.15, -0.1) is 0 Å². The molecular weight excluding hydrogens is 365 g/mol. The molecule has 1 aliphatic heterocycles. The summed E-state index contributed by atoms with van der Waals surface area (Å²) in [4.78, 5) is 0. The van der Waals surface area contributed by atoms with Crippen molar-refractivity contribution in [3.63, 3.8) is 0 Å². The largest absolute Gasteiger partial charge is 0.382 e. The number of ether oxygens (including phenoxy) is 2. The van der Waals surface area contributed by atoms with Gasteiger partial charge in [0.15, 0.2) is 11.6 Å². The molecule has 2 aromatic rings. The first kappa shape index (κ1) is 20.6.